The zero-order valence-electron chi connectivity index (χ0n) is 16.1. The highest BCUT2D eigenvalue weighted by Gasteiger charge is 2.17. The summed E-state index contributed by atoms with van der Waals surface area (Å²) in [7, 11) is 5.51. The minimum Gasteiger partial charge on any atom is -0.356 e. The van der Waals surface area contributed by atoms with E-state index < -0.39 is 0 Å². The second-order valence-electron chi connectivity index (χ2n) is 7.24. The Morgan fingerprint density at radius 1 is 1.28 bits per heavy atom. The minimum absolute atomic E-state index is 0.00181. The highest BCUT2D eigenvalue weighted by molar-refractivity contribution is 7.11. The lowest BCUT2D eigenvalue weighted by atomic mass is 10.0. The molecule has 0 bridgehead atoms. The Bertz CT molecular complexity index is 585. The van der Waals surface area contributed by atoms with E-state index in [2.05, 4.69) is 29.1 Å². The lowest BCUT2D eigenvalue weighted by Crippen LogP contribution is -2.41. The largest absolute Gasteiger partial charge is 0.356 e. The molecule has 1 heterocycles. The Balaban J connectivity index is 2.05. The number of nitrogens with one attached hydrogen (secondary N) is 1. The number of thiazole rings is 1. The minimum atomic E-state index is 0.00181. The van der Waals surface area contributed by atoms with E-state index in [-0.39, 0.29) is 12.5 Å². The molecule has 7 heteroatoms. The number of fused-ring (bicyclic) bond motifs is 1. The van der Waals surface area contributed by atoms with E-state index in [1.807, 2.05) is 18.4 Å². The van der Waals surface area contributed by atoms with Crippen molar-refractivity contribution >= 4 is 23.2 Å². The van der Waals surface area contributed by atoms with Gasteiger partial charge in [-0.05, 0) is 31.6 Å². The molecule has 0 spiro atoms. The van der Waals surface area contributed by atoms with Gasteiger partial charge >= 0.3 is 0 Å². The average molecular weight is 366 g/mol. The molecule has 1 aliphatic carbocycles. The van der Waals surface area contributed by atoms with Crippen LogP contribution in [-0.4, -0.2) is 60.9 Å². The first-order valence-electron chi connectivity index (χ1n) is 9.04. The molecular weight excluding hydrogens is 334 g/mol. The van der Waals surface area contributed by atoms with Crippen molar-refractivity contribution in [3.8, 4) is 0 Å². The molecule has 2 rings (SSSR count). The topological polar surface area (TPSA) is 60.8 Å². The van der Waals surface area contributed by atoms with Crippen LogP contribution in [0.25, 0.3) is 0 Å². The third-order valence-electron chi connectivity index (χ3n) is 4.16. The van der Waals surface area contributed by atoms with Crippen LogP contribution < -0.4 is 5.32 Å². The van der Waals surface area contributed by atoms with Gasteiger partial charge in [-0.1, -0.05) is 13.8 Å². The predicted molar refractivity (Wildman–Crippen MR) is 104 cm³/mol. The molecule has 0 fully saturated rings. The molecule has 1 aromatic heterocycles. The molecule has 0 aliphatic heterocycles. The van der Waals surface area contributed by atoms with Gasteiger partial charge in [-0.25, -0.2) is 9.98 Å². The van der Waals surface area contributed by atoms with Gasteiger partial charge in [0.05, 0.1) is 12.2 Å². The number of aliphatic imine (C=N–C) groups is 1. The number of hydrogen-bond acceptors (Lipinski definition) is 4. The third-order valence-corrected chi connectivity index (χ3v) is 5.30. The maximum Gasteiger partial charge on any atom is 0.243 e. The Kier molecular flexibility index (Phi) is 7.23. The van der Waals surface area contributed by atoms with Crippen molar-refractivity contribution in [2.75, 3.05) is 34.2 Å². The van der Waals surface area contributed by atoms with Crippen molar-refractivity contribution in [2.45, 2.75) is 46.1 Å². The van der Waals surface area contributed by atoms with E-state index in [4.69, 9.17) is 4.98 Å². The molecule has 25 heavy (non-hydrogen) atoms. The molecule has 140 valence electrons. The summed E-state index contributed by atoms with van der Waals surface area (Å²) < 4.78 is 0. The Labute approximate surface area is 155 Å². The second kappa shape index (κ2) is 9.17. The molecule has 0 saturated carbocycles. The number of carbonyl (C=O) groups is 1. The van der Waals surface area contributed by atoms with Crippen molar-refractivity contribution in [3.05, 3.63) is 15.6 Å². The van der Waals surface area contributed by atoms with Crippen LogP contribution in [0.4, 0.5) is 0 Å². The fourth-order valence-electron chi connectivity index (χ4n) is 2.64. The van der Waals surface area contributed by atoms with Crippen molar-refractivity contribution in [2.24, 2.45) is 10.9 Å². The van der Waals surface area contributed by atoms with Crippen molar-refractivity contribution < 1.29 is 4.79 Å². The maximum absolute atomic E-state index is 11.9. The van der Waals surface area contributed by atoms with Crippen LogP contribution in [0.3, 0.4) is 0 Å². The lowest BCUT2D eigenvalue weighted by Gasteiger charge is -2.22. The van der Waals surface area contributed by atoms with Crippen LogP contribution in [0, 0.1) is 5.92 Å². The van der Waals surface area contributed by atoms with Crippen molar-refractivity contribution in [1.82, 2.24) is 20.1 Å². The number of aryl methyl sites for hydroxylation is 2. The molecule has 1 amide bonds. The van der Waals surface area contributed by atoms with Crippen LogP contribution in [0.1, 0.15) is 42.3 Å². The van der Waals surface area contributed by atoms with Gasteiger partial charge in [-0.15, -0.1) is 11.3 Å². The van der Waals surface area contributed by atoms with Crippen LogP contribution in [0.5, 0.6) is 0 Å². The fraction of sp³-hybridized carbons (Fsp3) is 0.722. The first-order valence-corrected chi connectivity index (χ1v) is 9.85. The highest BCUT2D eigenvalue weighted by atomic mass is 32.1. The van der Waals surface area contributed by atoms with Crippen LogP contribution in [0.2, 0.25) is 0 Å². The standard InChI is InChI=1S/C18H31N5OS/c1-13(2)10-19-18(20-11-17(24)22(3)4)23(5)12-16-21-14-8-6-7-9-15(14)25-16/h13H,6-12H2,1-5H3,(H,19,20). The molecule has 0 radical (unpaired) electrons. The number of nitrogens with zero attached hydrogens (tertiary/aromatic N) is 4. The van der Waals surface area contributed by atoms with E-state index in [9.17, 15) is 4.79 Å². The summed E-state index contributed by atoms with van der Waals surface area (Å²) in [5, 5.41) is 4.51. The molecule has 0 unspecified atom stereocenters. The van der Waals surface area contributed by atoms with Crippen molar-refractivity contribution in [1.29, 1.82) is 0 Å². The van der Waals surface area contributed by atoms with Gasteiger partial charge in [0.25, 0.3) is 0 Å². The fourth-order valence-corrected chi connectivity index (χ4v) is 3.85. The number of hydrogen-bond donors (Lipinski definition) is 1. The molecule has 1 aliphatic rings. The number of rotatable bonds is 6. The van der Waals surface area contributed by atoms with Gasteiger partial charge in [0.15, 0.2) is 5.96 Å². The number of aromatic nitrogens is 1. The maximum atomic E-state index is 11.9. The van der Waals surface area contributed by atoms with Gasteiger partial charge in [0.1, 0.15) is 11.6 Å². The third kappa shape index (κ3) is 5.99. The van der Waals surface area contributed by atoms with Gasteiger partial charge < -0.3 is 15.1 Å². The Hall–Kier alpha value is -1.63. The van der Waals surface area contributed by atoms with Gasteiger partial charge in [0.2, 0.25) is 5.91 Å². The quantitative estimate of drug-likeness (QED) is 0.620. The normalized spacial score (nSPS) is 14.4. The molecule has 0 saturated heterocycles. The Morgan fingerprint density at radius 3 is 2.64 bits per heavy atom. The predicted octanol–water partition coefficient (Wildman–Crippen LogP) is 2.14. The zero-order chi connectivity index (χ0) is 18.4. The Morgan fingerprint density at radius 2 is 2.00 bits per heavy atom. The highest BCUT2D eigenvalue weighted by Crippen LogP contribution is 2.27. The van der Waals surface area contributed by atoms with Gasteiger partial charge in [0, 0.05) is 32.6 Å². The smallest absolute Gasteiger partial charge is 0.243 e. The van der Waals surface area contributed by atoms with E-state index >= 15 is 0 Å². The summed E-state index contributed by atoms with van der Waals surface area (Å²) >= 11 is 1.82. The van der Waals surface area contributed by atoms with Gasteiger partial charge in [-0.2, -0.15) is 0 Å². The molecule has 1 aromatic rings. The molecule has 1 N–H and O–H groups in total. The SMILES string of the molecule is CC(C)CNC(=NCC(=O)N(C)C)N(C)Cc1nc2c(s1)CCCC2. The van der Waals surface area contributed by atoms with E-state index in [1.165, 1.54) is 29.8 Å². The van der Waals surface area contributed by atoms with Crippen LogP contribution in [0.15, 0.2) is 4.99 Å². The number of amides is 1. The molecule has 0 atom stereocenters. The summed E-state index contributed by atoms with van der Waals surface area (Å²) in [6.45, 7) is 6.02. The van der Waals surface area contributed by atoms with Crippen molar-refractivity contribution in [3.63, 3.8) is 0 Å². The van der Waals surface area contributed by atoms with E-state index in [0.717, 1.165) is 30.5 Å². The molecule has 6 nitrogen and oxygen atoms in total. The summed E-state index contributed by atoms with van der Waals surface area (Å²) in [5.41, 5.74) is 1.29. The zero-order valence-corrected chi connectivity index (χ0v) is 16.9. The first kappa shape index (κ1) is 19.7. The first-order chi connectivity index (χ1) is 11.9. The van der Waals surface area contributed by atoms with Gasteiger partial charge in [-0.3, -0.25) is 4.79 Å². The number of likely N-dealkylation sites (N-methyl/N-ethyl adjacent to an activating group) is 1. The summed E-state index contributed by atoms with van der Waals surface area (Å²) in [6, 6.07) is 0. The van der Waals surface area contributed by atoms with E-state index in [0.29, 0.717) is 5.92 Å². The monoisotopic (exact) mass is 365 g/mol. The van der Waals surface area contributed by atoms with Crippen LogP contribution in [-0.2, 0) is 24.2 Å². The van der Waals surface area contributed by atoms with Crippen LogP contribution >= 0.6 is 11.3 Å². The van der Waals surface area contributed by atoms with E-state index in [1.54, 1.807) is 19.0 Å². The summed E-state index contributed by atoms with van der Waals surface area (Å²) in [5.74, 6) is 1.27. The lowest BCUT2D eigenvalue weighted by molar-refractivity contribution is -0.127. The molecular formula is C18H31N5OS. The summed E-state index contributed by atoms with van der Waals surface area (Å²) in [4.78, 5) is 26.3. The number of carbonyl (C=O) groups excluding carboxylic acids is 1. The average Bonchev–Trinajstić information content (AvgIpc) is 2.96. The summed E-state index contributed by atoms with van der Waals surface area (Å²) in [6.07, 6.45) is 4.81. The number of guanidine groups is 1. The second-order valence-corrected chi connectivity index (χ2v) is 8.41. The molecule has 0 aromatic carbocycles.